The van der Waals surface area contributed by atoms with Crippen LogP contribution >= 0.6 is 7.82 Å². The number of allylic oxidation sites excluding steroid dienone is 1. The Hall–Kier alpha value is -1.41. The minimum Gasteiger partial charge on any atom is -0.462 e. The molecule has 0 aliphatic heterocycles. The van der Waals surface area contributed by atoms with Crippen LogP contribution in [0.3, 0.4) is 0 Å². The van der Waals surface area contributed by atoms with Gasteiger partial charge in [0.15, 0.2) is 6.10 Å². The third kappa shape index (κ3) is 29.0. The van der Waals surface area contributed by atoms with E-state index in [0.717, 1.165) is 44.9 Å². The van der Waals surface area contributed by atoms with E-state index in [1.54, 1.807) is 0 Å². The molecule has 13 nitrogen and oxygen atoms in total. The second kappa shape index (κ2) is 37.0. The van der Waals surface area contributed by atoms with Gasteiger partial charge in [0.2, 0.25) is 0 Å². The number of hydrogen-bond donors (Lipinski definition) is 6. The average Bonchev–Trinajstić information content (AvgIpc) is 3.23. The Morgan fingerprint density at radius 2 is 0.883 bits per heavy atom. The van der Waals surface area contributed by atoms with Gasteiger partial charge in [0.1, 0.15) is 43.2 Å². The highest BCUT2D eigenvalue weighted by Crippen LogP contribution is 2.47. The smallest absolute Gasteiger partial charge is 0.462 e. The highest BCUT2D eigenvalue weighted by atomic mass is 31.2. The first-order chi connectivity index (χ1) is 28.9. The van der Waals surface area contributed by atoms with E-state index >= 15 is 0 Å². The van der Waals surface area contributed by atoms with Gasteiger partial charge in [0.25, 0.3) is 0 Å². The molecule has 0 aromatic rings. The first-order valence-corrected chi connectivity index (χ1v) is 25.4. The summed E-state index contributed by atoms with van der Waals surface area (Å²) in [5.74, 6) is -1.09. The zero-order valence-electron chi connectivity index (χ0n) is 37.4. The summed E-state index contributed by atoms with van der Waals surface area (Å²) >= 11 is 0. The van der Waals surface area contributed by atoms with E-state index in [1.807, 2.05) is 6.08 Å². The highest BCUT2D eigenvalue weighted by Gasteiger charge is 2.51. The molecule has 1 aliphatic carbocycles. The molecule has 6 N–H and O–H groups in total. The number of rotatable bonds is 41. The number of ether oxygens (including phenoxy) is 2. The molecule has 14 heteroatoms. The molecular formula is C46H87O13P. The standard InChI is InChI=1S/C46H87O13P/c1-3-5-7-9-11-13-15-17-19-21-23-25-27-29-31-33-35-40(48)58-38(37-57-60(54,55)59-46-44(52)42(50)41(49)43(51)45(46)53)36-56-39(47)34-32-30-28-26-24-22-20-18-16-14-12-10-8-6-4-2/h4,38,41-46,49-53H,2-3,5-37H2,1H3,(H,54,55)/t38-,41?,42-,43?,44?,45?,46?/m1/s1. The number of phosphoric ester groups is 1. The molecule has 354 valence electrons. The minimum atomic E-state index is -5.11. The van der Waals surface area contributed by atoms with E-state index in [1.165, 1.54) is 135 Å². The SMILES string of the molecule is C=CCCCCCCCCCCCCCCCC(=O)OC[C@H](COP(=O)(O)OC1C(O)C(O)C(O)[C@@H](O)C1O)OC(=O)CCCCCCCCCCCCCCCCCC. The summed E-state index contributed by atoms with van der Waals surface area (Å²) in [6.07, 6.45) is 24.4. The normalized spacial score (nSPS) is 22.0. The molecule has 0 amide bonds. The molecule has 60 heavy (non-hydrogen) atoms. The lowest BCUT2D eigenvalue weighted by atomic mass is 9.85. The molecule has 1 aliphatic rings. The fourth-order valence-electron chi connectivity index (χ4n) is 7.62. The second-order valence-electron chi connectivity index (χ2n) is 17.1. The molecule has 0 spiro atoms. The molecule has 0 heterocycles. The molecule has 8 atom stereocenters. The van der Waals surface area contributed by atoms with Crippen LogP contribution in [0.1, 0.15) is 212 Å². The van der Waals surface area contributed by atoms with Crippen molar-refractivity contribution in [3.63, 3.8) is 0 Å². The Labute approximate surface area is 363 Å². The van der Waals surface area contributed by atoms with Gasteiger partial charge in [0, 0.05) is 12.8 Å². The summed E-state index contributed by atoms with van der Waals surface area (Å²) in [4.78, 5) is 35.7. The van der Waals surface area contributed by atoms with Crippen LogP contribution in [0, 0.1) is 0 Å². The average molecular weight is 879 g/mol. The molecule has 0 aromatic carbocycles. The van der Waals surface area contributed by atoms with Gasteiger partial charge in [-0.1, -0.05) is 180 Å². The number of carbonyl (C=O) groups is 2. The largest absolute Gasteiger partial charge is 0.472 e. The Bertz CT molecular complexity index is 1090. The molecule has 1 fully saturated rings. The Balaban J connectivity index is 2.42. The van der Waals surface area contributed by atoms with E-state index in [-0.39, 0.29) is 12.8 Å². The summed E-state index contributed by atoms with van der Waals surface area (Å²) in [5.41, 5.74) is 0. The number of phosphoric acid groups is 1. The first-order valence-electron chi connectivity index (χ1n) is 24.0. The van der Waals surface area contributed by atoms with Crippen molar-refractivity contribution in [1.82, 2.24) is 0 Å². The third-order valence-electron chi connectivity index (χ3n) is 11.5. The van der Waals surface area contributed by atoms with E-state index in [4.69, 9.17) is 18.5 Å². The summed E-state index contributed by atoms with van der Waals surface area (Å²) in [7, 11) is -5.11. The van der Waals surface area contributed by atoms with Crippen molar-refractivity contribution in [3.05, 3.63) is 12.7 Å². The van der Waals surface area contributed by atoms with Gasteiger partial charge in [-0.15, -0.1) is 6.58 Å². The van der Waals surface area contributed by atoms with Gasteiger partial charge in [-0.05, 0) is 25.7 Å². The van der Waals surface area contributed by atoms with Crippen LogP contribution in [0.5, 0.6) is 0 Å². The molecule has 1 saturated carbocycles. The molecular weight excluding hydrogens is 791 g/mol. The highest BCUT2D eigenvalue weighted by molar-refractivity contribution is 7.47. The van der Waals surface area contributed by atoms with E-state index in [0.29, 0.717) is 12.8 Å². The predicted octanol–water partition coefficient (Wildman–Crippen LogP) is 9.45. The number of esters is 2. The number of aliphatic hydroxyl groups excluding tert-OH is 5. The quantitative estimate of drug-likeness (QED) is 0.0147. The van der Waals surface area contributed by atoms with Crippen molar-refractivity contribution < 1.29 is 63.1 Å². The lowest BCUT2D eigenvalue weighted by Gasteiger charge is -2.41. The molecule has 0 aromatic heterocycles. The summed E-state index contributed by atoms with van der Waals surface area (Å²) in [5, 5.41) is 50.2. The van der Waals surface area contributed by atoms with Crippen molar-refractivity contribution in [2.24, 2.45) is 0 Å². The van der Waals surface area contributed by atoms with Crippen molar-refractivity contribution in [1.29, 1.82) is 0 Å². The van der Waals surface area contributed by atoms with E-state index in [9.17, 15) is 44.6 Å². The Morgan fingerprint density at radius 1 is 0.533 bits per heavy atom. The Morgan fingerprint density at radius 3 is 1.28 bits per heavy atom. The zero-order valence-corrected chi connectivity index (χ0v) is 38.3. The monoisotopic (exact) mass is 879 g/mol. The van der Waals surface area contributed by atoms with Gasteiger partial charge >= 0.3 is 19.8 Å². The fourth-order valence-corrected chi connectivity index (χ4v) is 8.59. The molecule has 0 bridgehead atoms. The molecule has 6 unspecified atom stereocenters. The van der Waals surface area contributed by atoms with Gasteiger partial charge in [0.05, 0.1) is 6.61 Å². The number of aliphatic hydroxyl groups is 5. The van der Waals surface area contributed by atoms with Crippen molar-refractivity contribution in [2.75, 3.05) is 13.2 Å². The first kappa shape index (κ1) is 56.6. The van der Waals surface area contributed by atoms with Gasteiger partial charge in [-0.3, -0.25) is 18.6 Å². The maximum Gasteiger partial charge on any atom is 0.472 e. The lowest BCUT2D eigenvalue weighted by molar-refractivity contribution is -0.220. The number of hydrogen-bond acceptors (Lipinski definition) is 12. The number of carbonyl (C=O) groups excluding carboxylic acids is 2. The van der Waals surface area contributed by atoms with Crippen LogP contribution in [-0.2, 0) is 32.7 Å². The summed E-state index contributed by atoms with van der Waals surface area (Å²) in [6.45, 7) is 4.85. The van der Waals surface area contributed by atoms with Gasteiger partial charge in [-0.2, -0.15) is 0 Å². The van der Waals surface area contributed by atoms with Crippen LogP contribution in [-0.4, -0.2) is 98.3 Å². The molecule has 0 radical (unpaired) electrons. The zero-order chi connectivity index (χ0) is 44.3. The van der Waals surface area contributed by atoms with Crippen molar-refractivity contribution >= 4 is 19.8 Å². The number of unbranched alkanes of at least 4 members (excludes halogenated alkanes) is 28. The van der Waals surface area contributed by atoms with Gasteiger partial charge < -0.3 is 39.9 Å². The van der Waals surface area contributed by atoms with E-state index < -0.39 is 75.7 Å². The van der Waals surface area contributed by atoms with Gasteiger partial charge in [-0.25, -0.2) is 4.57 Å². The molecule has 1 rings (SSSR count). The van der Waals surface area contributed by atoms with Crippen LogP contribution < -0.4 is 0 Å². The Kier molecular flexibility index (Phi) is 34.9. The minimum absolute atomic E-state index is 0.102. The maximum atomic E-state index is 12.8. The van der Waals surface area contributed by atoms with Crippen molar-refractivity contribution in [2.45, 2.75) is 255 Å². The van der Waals surface area contributed by atoms with Crippen LogP contribution in [0.4, 0.5) is 0 Å². The van der Waals surface area contributed by atoms with Crippen molar-refractivity contribution in [3.8, 4) is 0 Å². The predicted molar refractivity (Wildman–Crippen MR) is 235 cm³/mol. The van der Waals surface area contributed by atoms with Crippen LogP contribution in [0.25, 0.3) is 0 Å². The fraction of sp³-hybridized carbons (Fsp3) is 0.913. The van der Waals surface area contributed by atoms with E-state index in [2.05, 4.69) is 13.5 Å². The van der Waals surface area contributed by atoms with Crippen LogP contribution in [0.15, 0.2) is 12.7 Å². The molecule has 0 saturated heterocycles. The third-order valence-corrected chi connectivity index (χ3v) is 12.5. The lowest BCUT2D eigenvalue weighted by Crippen LogP contribution is -2.64. The second-order valence-corrected chi connectivity index (χ2v) is 18.5. The topological polar surface area (TPSA) is 210 Å². The maximum absolute atomic E-state index is 12.8. The summed E-state index contributed by atoms with van der Waals surface area (Å²) < 4.78 is 33.6. The van der Waals surface area contributed by atoms with Crippen LogP contribution in [0.2, 0.25) is 0 Å². The summed E-state index contributed by atoms with van der Waals surface area (Å²) in [6, 6.07) is 0.